The molecule has 0 amide bonds. The second kappa shape index (κ2) is 4.51. The molecule has 1 aromatic rings. The Morgan fingerprint density at radius 2 is 2.17 bits per heavy atom. The number of phenolic OH excluding ortho intramolecular Hbond substituents is 1. The van der Waals surface area contributed by atoms with Crippen LogP contribution in [0, 0.1) is 0 Å². The Bertz CT molecular complexity index is 258. The van der Waals surface area contributed by atoms with E-state index in [0.29, 0.717) is 5.75 Å². The third-order valence-corrected chi connectivity index (χ3v) is 2.47. The molecule has 0 fully saturated rings. The average Bonchev–Trinajstić information content (AvgIpc) is 2.07. The topological polar surface area (TPSA) is 20.2 Å². The SMILES string of the molecule is CCCCc1ccc(O)c(Br)c1. The number of phenols is 1. The van der Waals surface area contributed by atoms with Crippen LogP contribution in [-0.2, 0) is 6.42 Å². The van der Waals surface area contributed by atoms with Crippen LogP contribution < -0.4 is 0 Å². The third kappa shape index (κ3) is 2.52. The zero-order valence-corrected chi connectivity index (χ0v) is 8.76. The van der Waals surface area contributed by atoms with Gasteiger partial charge in [-0.3, -0.25) is 0 Å². The predicted molar refractivity (Wildman–Crippen MR) is 54.4 cm³/mol. The van der Waals surface area contributed by atoms with Crippen molar-refractivity contribution in [2.75, 3.05) is 0 Å². The molecule has 0 unspecified atom stereocenters. The molecule has 0 spiro atoms. The summed E-state index contributed by atoms with van der Waals surface area (Å²) in [7, 11) is 0. The predicted octanol–water partition coefficient (Wildman–Crippen LogP) is 3.50. The molecule has 0 aliphatic carbocycles. The van der Waals surface area contributed by atoms with E-state index in [0.717, 1.165) is 10.9 Å². The van der Waals surface area contributed by atoms with Crippen molar-refractivity contribution in [2.24, 2.45) is 0 Å². The normalized spacial score (nSPS) is 10.2. The Balaban J connectivity index is 2.69. The first-order valence-electron chi connectivity index (χ1n) is 4.21. The van der Waals surface area contributed by atoms with Gasteiger partial charge in [0.05, 0.1) is 4.47 Å². The number of hydrogen-bond donors (Lipinski definition) is 1. The molecule has 2 heteroatoms. The Hall–Kier alpha value is -0.500. The van der Waals surface area contributed by atoms with Crippen LogP contribution in [0.3, 0.4) is 0 Å². The van der Waals surface area contributed by atoms with Gasteiger partial charge >= 0.3 is 0 Å². The van der Waals surface area contributed by atoms with E-state index < -0.39 is 0 Å². The average molecular weight is 229 g/mol. The fraction of sp³-hybridized carbons (Fsp3) is 0.400. The molecule has 0 radical (unpaired) electrons. The van der Waals surface area contributed by atoms with Gasteiger partial charge in [-0.25, -0.2) is 0 Å². The zero-order chi connectivity index (χ0) is 8.97. The van der Waals surface area contributed by atoms with Crippen LogP contribution in [-0.4, -0.2) is 5.11 Å². The summed E-state index contributed by atoms with van der Waals surface area (Å²) >= 11 is 3.29. The van der Waals surface area contributed by atoms with E-state index >= 15 is 0 Å². The fourth-order valence-electron chi connectivity index (χ4n) is 1.09. The van der Waals surface area contributed by atoms with Crippen molar-refractivity contribution >= 4 is 15.9 Å². The molecular weight excluding hydrogens is 216 g/mol. The summed E-state index contributed by atoms with van der Waals surface area (Å²) in [4.78, 5) is 0. The molecule has 1 aromatic carbocycles. The molecule has 12 heavy (non-hydrogen) atoms. The molecule has 1 nitrogen and oxygen atoms in total. The smallest absolute Gasteiger partial charge is 0.129 e. The molecule has 1 rings (SSSR count). The standard InChI is InChI=1S/C10H13BrO/c1-2-3-4-8-5-6-10(12)9(11)7-8/h5-7,12H,2-4H2,1H3. The number of aromatic hydroxyl groups is 1. The highest BCUT2D eigenvalue weighted by Gasteiger charge is 1.98. The number of unbranched alkanes of at least 4 members (excludes halogenated alkanes) is 1. The largest absolute Gasteiger partial charge is 0.507 e. The van der Waals surface area contributed by atoms with Crippen LogP contribution >= 0.6 is 15.9 Å². The fourth-order valence-corrected chi connectivity index (χ4v) is 1.51. The first-order chi connectivity index (χ1) is 5.74. The first-order valence-corrected chi connectivity index (χ1v) is 5.00. The van der Waals surface area contributed by atoms with Crippen LogP contribution in [0.15, 0.2) is 22.7 Å². The molecule has 0 aliphatic heterocycles. The molecule has 0 bridgehead atoms. The Morgan fingerprint density at radius 3 is 2.75 bits per heavy atom. The summed E-state index contributed by atoms with van der Waals surface area (Å²) in [5, 5.41) is 9.22. The number of rotatable bonds is 3. The van der Waals surface area contributed by atoms with Crippen molar-refractivity contribution in [1.29, 1.82) is 0 Å². The maximum absolute atomic E-state index is 9.22. The molecule has 0 heterocycles. The molecular formula is C10H13BrO. The van der Waals surface area contributed by atoms with Gasteiger partial charge in [0.25, 0.3) is 0 Å². The molecule has 0 aromatic heterocycles. The first kappa shape index (κ1) is 9.59. The maximum atomic E-state index is 9.22. The second-order valence-electron chi connectivity index (χ2n) is 2.89. The summed E-state index contributed by atoms with van der Waals surface area (Å²) in [6.45, 7) is 2.18. The number of aryl methyl sites for hydroxylation is 1. The van der Waals surface area contributed by atoms with Crippen molar-refractivity contribution in [3.63, 3.8) is 0 Å². The van der Waals surface area contributed by atoms with Gasteiger partial charge in [0.1, 0.15) is 5.75 Å². The van der Waals surface area contributed by atoms with Crippen LogP contribution in [0.5, 0.6) is 5.75 Å². The summed E-state index contributed by atoms with van der Waals surface area (Å²) < 4.78 is 0.788. The number of halogens is 1. The zero-order valence-electron chi connectivity index (χ0n) is 7.18. The minimum Gasteiger partial charge on any atom is -0.507 e. The van der Waals surface area contributed by atoms with Crippen molar-refractivity contribution < 1.29 is 5.11 Å². The number of benzene rings is 1. The van der Waals surface area contributed by atoms with E-state index in [-0.39, 0.29) is 0 Å². The Morgan fingerprint density at radius 1 is 1.42 bits per heavy atom. The molecule has 0 saturated heterocycles. The van der Waals surface area contributed by atoms with E-state index in [1.54, 1.807) is 6.07 Å². The highest BCUT2D eigenvalue weighted by molar-refractivity contribution is 9.10. The van der Waals surface area contributed by atoms with Gasteiger partial charge in [0.2, 0.25) is 0 Å². The summed E-state index contributed by atoms with van der Waals surface area (Å²) in [5.74, 6) is 0.315. The highest BCUT2D eigenvalue weighted by Crippen LogP contribution is 2.24. The van der Waals surface area contributed by atoms with Gasteiger partial charge in [0.15, 0.2) is 0 Å². The third-order valence-electron chi connectivity index (χ3n) is 1.83. The van der Waals surface area contributed by atoms with Gasteiger partial charge in [-0.05, 0) is 46.5 Å². The van der Waals surface area contributed by atoms with E-state index in [9.17, 15) is 5.11 Å². The lowest BCUT2D eigenvalue weighted by atomic mass is 10.1. The lowest BCUT2D eigenvalue weighted by Crippen LogP contribution is -1.83. The Labute approximate surface area is 81.6 Å². The van der Waals surface area contributed by atoms with Crippen LogP contribution in [0.4, 0.5) is 0 Å². The molecule has 66 valence electrons. The molecule has 0 saturated carbocycles. The van der Waals surface area contributed by atoms with E-state index in [1.165, 1.54) is 18.4 Å². The second-order valence-corrected chi connectivity index (χ2v) is 3.74. The molecule has 0 atom stereocenters. The van der Waals surface area contributed by atoms with Gasteiger partial charge in [-0.2, -0.15) is 0 Å². The molecule has 0 aliphatic rings. The summed E-state index contributed by atoms with van der Waals surface area (Å²) in [6.07, 6.45) is 3.51. The lowest BCUT2D eigenvalue weighted by Gasteiger charge is -2.01. The van der Waals surface area contributed by atoms with E-state index in [2.05, 4.69) is 22.9 Å². The minimum atomic E-state index is 0.315. The lowest BCUT2D eigenvalue weighted by molar-refractivity contribution is 0.471. The van der Waals surface area contributed by atoms with Crippen molar-refractivity contribution in [1.82, 2.24) is 0 Å². The maximum Gasteiger partial charge on any atom is 0.129 e. The van der Waals surface area contributed by atoms with Crippen LogP contribution in [0.1, 0.15) is 25.3 Å². The Kier molecular flexibility index (Phi) is 3.60. The van der Waals surface area contributed by atoms with Crippen molar-refractivity contribution in [3.8, 4) is 5.75 Å². The van der Waals surface area contributed by atoms with Crippen molar-refractivity contribution in [3.05, 3.63) is 28.2 Å². The number of hydrogen-bond acceptors (Lipinski definition) is 1. The van der Waals surface area contributed by atoms with Gasteiger partial charge in [0, 0.05) is 0 Å². The summed E-state index contributed by atoms with van der Waals surface area (Å²) in [5.41, 5.74) is 1.28. The quantitative estimate of drug-likeness (QED) is 0.840. The van der Waals surface area contributed by atoms with Crippen LogP contribution in [0.25, 0.3) is 0 Å². The summed E-state index contributed by atoms with van der Waals surface area (Å²) in [6, 6.07) is 5.68. The van der Waals surface area contributed by atoms with E-state index in [4.69, 9.17) is 0 Å². The van der Waals surface area contributed by atoms with Gasteiger partial charge < -0.3 is 5.11 Å². The monoisotopic (exact) mass is 228 g/mol. The van der Waals surface area contributed by atoms with Crippen LogP contribution in [0.2, 0.25) is 0 Å². The van der Waals surface area contributed by atoms with E-state index in [1.807, 2.05) is 12.1 Å². The highest BCUT2D eigenvalue weighted by atomic mass is 79.9. The van der Waals surface area contributed by atoms with Gasteiger partial charge in [-0.1, -0.05) is 19.4 Å². The van der Waals surface area contributed by atoms with Crippen molar-refractivity contribution in [2.45, 2.75) is 26.2 Å². The minimum absolute atomic E-state index is 0.315. The molecule has 1 N–H and O–H groups in total. The van der Waals surface area contributed by atoms with Gasteiger partial charge in [-0.15, -0.1) is 0 Å².